The largest absolute Gasteiger partial charge is 0.493 e. The monoisotopic (exact) mass is 793 g/mol. The summed E-state index contributed by atoms with van der Waals surface area (Å²) in [6.07, 6.45) is 17.9. The van der Waals surface area contributed by atoms with Gasteiger partial charge in [0.1, 0.15) is 5.76 Å². The van der Waals surface area contributed by atoms with Crippen LogP contribution in [0.15, 0.2) is 63.1 Å². The van der Waals surface area contributed by atoms with Gasteiger partial charge in [0.05, 0.1) is 37.6 Å². The quantitative estimate of drug-likeness (QED) is 0.130. The van der Waals surface area contributed by atoms with Crippen molar-refractivity contribution in [1.82, 2.24) is 45.4 Å². The van der Waals surface area contributed by atoms with E-state index >= 15 is 0 Å². The van der Waals surface area contributed by atoms with Gasteiger partial charge in [-0.2, -0.15) is 0 Å². The summed E-state index contributed by atoms with van der Waals surface area (Å²) < 4.78 is 5.27. The van der Waals surface area contributed by atoms with Crippen LogP contribution in [-0.2, 0) is 56.7 Å². The highest BCUT2D eigenvalue weighted by Gasteiger charge is 2.23. The van der Waals surface area contributed by atoms with Crippen LogP contribution in [0.1, 0.15) is 82.3 Å². The summed E-state index contributed by atoms with van der Waals surface area (Å²) >= 11 is 0. The molecule has 0 atom stereocenters. The molecule has 58 heavy (non-hydrogen) atoms. The van der Waals surface area contributed by atoms with Crippen molar-refractivity contribution in [3.8, 4) is 0 Å². The Balaban J connectivity index is 0.000000122. The smallest absolute Gasteiger partial charge is 0.255 e. The Labute approximate surface area is 337 Å². The first-order chi connectivity index (χ1) is 28.1. The van der Waals surface area contributed by atoms with Gasteiger partial charge in [-0.25, -0.2) is 0 Å². The fourth-order valence-corrected chi connectivity index (χ4v) is 7.57. The highest BCUT2D eigenvalue weighted by Crippen LogP contribution is 2.29. The number of nitrogens with zero attached hydrogens (tertiary/aromatic N) is 2. The summed E-state index contributed by atoms with van der Waals surface area (Å²) in [6.45, 7) is 16.0. The van der Waals surface area contributed by atoms with Crippen molar-refractivity contribution in [3.63, 3.8) is 0 Å². The fraction of sp³-hybridized carbons (Fsp3) is 0.349. The van der Waals surface area contributed by atoms with Crippen molar-refractivity contribution in [2.45, 2.75) is 51.9 Å². The molecule has 0 unspecified atom stereocenters. The van der Waals surface area contributed by atoms with E-state index in [1.54, 1.807) is 17.3 Å². The van der Waals surface area contributed by atoms with Gasteiger partial charge in [-0.05, 0) is 53.5 Å². The molecule has 0 saturated heterocycles. The minimum atomic E-state index is -0.0489. The molecular weight excluding hydrogens is 739 g/mol. The van der Waals surface area contributed by atoms with Crippen molar-refractivity contribution < 1.29 is 29.6 Å². The molecule has 0 aromatic carbocycles. The number of carbonyl (C=O) groups is 2. The van der Waals surface area contributed by atoms with Gasteiger partial charge in [-0.15, -0.1) is 0 Å². The van der Waals surface area contributed by atoms with Crippen LogP contribution in [0, 0.1) is 0 Å². The number of carbonyl (C=O) groups excluding carboxylic acids is 2. The highest BCUT2D eigenvalue weighted by molar-refractivity contribution is 5.97. The molecule has 0 fully saturated rings. The lowest BCUT2D eigenvalue weighted by Crippen LogP contribution is -2.33. The number of hydrogen-bond acceptors (Lipinski definition) is 8. The zero-order chi connectivity index (χ0) is 41.3. The van der Waals surface area contributed by atoms with Gasteiger partial charge in [0.2, 0.25) is 0 Å². The number of amides is 2. The number of rotatable bonds is 3. The lowest BCUT2D eigenvalue weighted by Gasteiger charge is -2.27. The summed E-state index contributed by atoms with van der Waals surface area (Å²) in [6, 6.07) is 0. The van der Waals surface area contributed by atoms with E-state index in [1.807, 2.05) is 45.1 Å². The zero-order valence-electron chi connectivity index (χ0n) is 33.3. The summed E-state index contributed by atoms with van der Waals surface area (Å²) in [7, 11) is 3.87. The maximum absolute atomic E-state index is 11.4. The van der Waals surface area contributed by atoms with Crippen molar-refractivity contribution in [2.75, 3.05) is 46.9 Å². The molecule has 15 nitrogen and oxygen atoms in total. The predicted molar refractivity (Wildman–Crippen MR) is 223 cm³/mol. The number of H-pyrrole nitrogens is 5. The van der Waals surface area contributed by atoms with E-state index < -0.39 is 0 Å². The number of fused-ring (bicyclic) bond motifs is 5. The first-order valence-corrected chi connectivity index (χ1v) is 19.5. The SMILES string of the molecule is C=C1NCCc2c[nH]cc21.C=C1OCCc2c1c[nH]c2CO.C=C1c2c[nH]c(CO)c2CCN1C.CN1CCc2c[nH]cc2C1=O.O=C1NCCc2c1c[nH]c2CO. The van der Waals surface area contributed by atoms with E-state index in [-0.39, 0.29) is 31.6 Å². The molecule has 0 saturated carbocycles. The molecule has 0 aliphatic carbocycles. The zero-order valence-corrected chi connectivity index (χ0v) is 33.3. The fourth-order valence-electron chi connectivity index (χ4n) is 7.57. The molecule has 308 valence electrons. The Kier molecular flexibility index (Phi) is 13.5. The number of aromatic nitrogens is 5. The Morgan fingerprint density at radius 2 is 1.16 bits per heavy atom. The topological polar surface area (TPSA) is 214 Å². The summed E-state index contributed by atoms with van der Waals surface area (Å²) in [5.41, 5.74) is 15.4. The van der Waals surface area contributed by atoms with E-state index in [2.05, 4.69) is 60.2 Å². The lowest BCUT2D eigenvalue weighted by molar-refractivity contribution is 0.0781. The maximum atomic E-state index is 11.4. The minimum absolute atomic E-state index is 0.0252. The highest BCUT2D eigenvalue weighted by atomic mass is 16.5. The number of aliphatic hydroxyl groups excluding tert-OH is 3. The van der Waals surface area contributed by atoms with E-state index in [0.717, 1.165) is 114 Å². The molecule has 0 radical (unpaired) electrons. The molecule has 5 aromatic rings. The second-order valence-electron chi connectivity index (χ2n) is 14.5. The van der Waals surface area contributed by atoms with Crippen molar-refractivity contribution in [2.24, 2.45) is 0 Å². The molecule has 5 aliphatic heterocycles. The van der Waals surface area contributed by atoms with Crippen LogP contribution in [0.3, 0.4) is 0 Å². The average Bonchev–Trinajstić information content (AvgIpc) is 4.09. The van der Waals surface area contributed by atoms with Crippen LogP contribution < -0.4 is 10.6 Å². The first-order valence-electron chi connectivity index (χ1n) is 19.5. The Hall–Kier alpha value is -6.16. The lowest BCUT2D eigenvalue weighted by atomic mass is 10.0. The molecule has 0 spiro atoms. The average molecular weight is 794 g/mol. The summed E-state index contributed by atoms with van der Waals surface area (Å²) in [5, 5.41) is 32.9. The third-order valence-electron chi connectivity index (χ3n) is 11.0. The van der Waals surface area contributed by atoms with Crippen LogP contribution in [0.5, 0.6) is 0 Å². The van der Waals surface area contributed by atoms with Gasteiger partial charge in [-0.1, -0.05) is 19.7 Å². The normalized spacial score (nSPS) is 16.1. The number of aromatic amines is 5. The Morgan fingerprint density at radius 3 is 1.81 bits per heavy atom. The summed E-state index contributed by atoms with van der Waals surface area (Å²) in [4.78, 5) is 41.5. The van der Waals surface area contributed by atoms with E-state index in [4.69, 9.17) is 20.1 Å². The van der Waals surface area contributed by atoms with Gasteiger partial charge >= 0.3 is 0 Å². The first kappa shape index (κ1) is 41.5. The summed E-state index contributed by atoms with van der Waals surface area (Å²) in [5.74, 6) is 0.784. The van der Waals surface area contributed by atoms with Crippen molar-refractivity contribution >= 4 is 29.0 Å². The van der Waals surface area contributed by atoms with Gasteiger partial charge < -0.3 is 65.4 Å². The van der Waals surface area contributed by atoms with Crippen LogP contribution in [0.25, 0.3) is 17.2 Å². The molecule has 2 amide bonds. The molecule has 5 aliphatic rings. The van der Waals surface area contributed by atoms with Crippen molar-refractivity contribution in [1.29, 1.82) is 0 Å². The number of likely N-dealkylation sites (N-methyl/N-ethyl adjacent to an activating group) is 2. The third-order valence-corrected chi connectivity index (χ3v) is 11.0. The van der Waals surface area contributed by atoms with E-state index in [1.165, 1.54) is 16.7 Å². The molecule has 0 bridgehead atoms. The van der Waals surface area contributed by atoms with E-state index in [9.17, 15) is 9.59 Å². The maximum Gasteiger partial charge on any atom is 0.255 e. The van der Waals surface area contributed by atoms with Gasteiger partial charge in [-0.3, -0.25) is 9.59 Å². The van der Waals surface area contributed by atoms with Gasteiger partial charge in [0.25, 0.3) is 11.8 Å². The van der Waals surface area contributed by atoms with Crippen LogP contribution in [0.2, 0.25) is 0 Å². The van der Waals surface area contributed by atoms with Crippen molar-refractivity contribution in [3.05, 3.63) is 136 Å². The molecule has 10 rings (SSSR count). The standard InChI is InChI=1S/C10H14N2O.C9H11NO2.C8H10N2O2.C8H10N2O.C8H10N2/c1-7-9-5-11-10(6-13)8(9)3-4-12(7)2;1-6-8-4-10-9(5-11)7(8)2-3-12-6;11-4-7-5-1-2-9-8(12)6(5)3-10-7;1-10-3-2-6-4-9-5-7(6)8(10)11;1-6-8-5-9-4-7(8)2-3-10-6/h5,11,13H,1,3-4,6H2,2H3;4,10-11H,1-3,5H2;3,10-11H,1-2,4H2,(H,9,12);4-5,9H,2-3H2,1H3;4-5,9-10H,1-3H2. The van der Waals surface area contributed by atoms with Crippen LogP contribution >= 0.6 is 0 Å². The minimum Gasteiger partial charge on any atom is -0.493 e. The molecule has 15 heteroatoms. The second kappa shape index (κ2) is 18.9. The molecule has 10 heterocycles. The number of nitrogens with one attached hydrogen (secondary N) is 7. The second-order valence-corrected chi connectivity index (χ2v) is 14.5. The van der Waals surface area contributed by atoms with E-state index in [0.29, 0.717) is 24.5 Å². The van der Waals surface area contributed by atoms with Gasteiger partial charge in [0.15, 0.2) is 0 Å². The Morgan fingerprint density at radius 1 is 0.603 bits per heavy atom. The Bertz CT molecular complexity index is 2190. The molecule has 10 N–H and O–H groups in total. The van der Waals surface area contributed by atoms with Crippen LogP contribution in [-0.4, -0.2) is 109 Å². The molecular formula is C43H55N9O6. The number of hydrogen-bond donors (Lipinski definition) is 10. The number of ether oxygens (including phenoxy) is 1. The number of aliphatic hydroxyl groups is 3. The van der Waals surface area contributed by atoms with Gasteiger partial charge in [0, 0.05) is 135 Å². The molecule has 5 aromatic heterocycles. The van der Waals surface area contributed by atoms with Crippen LogP contribution in [0.4, 0.5) is 0 Å². The predicted octanol–water partition coefficient (Wildman–Crippen LogP) is 3.58. The third kappa shape index (κ3) is 9.01.